The minimum atomic E-state index is -0.806. The van der Waals surface area contributed by atoms with Crippen LogP contribution in [0.4, 0.5) is 11.4 Å². The zero-order chi connectivity index (χ0) is 23.3. The summed E-state index contributed by atoms with van der Waals surface area (Å²) in [5.41, 5.74) is 13.9. The predicted octanol–water partition coefficient (Wildman–Crippen LogP) is 3.76. The van der Waals surface area contributed by atoms with E-state index in [1.165, 1.54) is 0 Å². The van der Waals surface area contributed by atoms with Crippen LogP contribution in [0.5, 0.6) is 0 Å². The van der Waals surface area contributed by atoms with Gasteiger partial charge in [-0.15, -0.1) is 0 Å². The minimum absolute atomic E-state index is 0.00820. The number of primary amides is 1. The fraction of sp³-hybridized carbons (Fsp3) is 0.174. The van der Waals surface area contributed by atoms with Crippen molar-refractivity contribution < 1.29 is 9.59 Å². The van der Waals surface area contributed by atoms with Crippen molar-refractivity contribution in [3.05, 3.63) is 53.3 Å². The highest BCUT2D eigenvalue weighted by molar-refractivity contribution is 6.35. The second-order valence-electron chi connectivity index (χ2n) is 8.34. The molecule has 0 unspecified atom stereocenters. The Morgan fingerprint density at radius 3 is 2.64 bits per heavy atom. The third-order valence-corrected chi connectivity index (χ3v) is 6.27. The topological polar surface area (TPSA) is 153 Å². The predicted molar refractivity (Wildman–Crippen MR) is 126 cm³/mol. The van der Waals surface area contributed by atoms with E-state index in [4.69, 9.17) is 23.1 Å². The molecule has 9 nitrogen and oxygen atoms in total. The van der Waals surface area contributed by atoms with Gasteiger partial charge in [-0.05, 0) is 37.1 Å². The third-order valence-electron chi connectivity index (χ3n) is 5.95. The molecule has 1 aliphatic carbocycles. The van der Waals surface area contributed by atoms with Gasteiger partial charge in [-0.25, -0.2) is 9.97 Å². The lowest BCUT2D eigenvalue weighted by Gasteiger charge is -2.16. The number of nitrogens with one attached hydrogen (secondary N) is 2. The standard InChI is InChI=1S/C23H20ClN7O2/c1-23(8-9-23)22(33)28-14-5-3-2-4-11(14)21-29-18(17(25)19(30-21)20(26)32)16-12-10-27-31-15(12)7-6-13(16)24/h2-7,10H,8-9,25H2,1H3,(H2,26,32)(H,27,31)(H,28,33). The molecule has 2 aromatic heterocycles. The summed E-state index contributed by atoms with van der Waals surface area (Å²) in [5.74, 6) is -0.701. The number of aromatic nitrogens is 4. The Balaban J connectivity index is 1.72. The summed E-state index contributed by atoms with van der Waals surface area (Å²) in [5, 5.41) is 11.0. The number of nitrogen functional groups attached to an aromatic ring is 1. The normalized spacial score (nSPS) is 14.2. The van der Waals surface area contributed by atoms with E-state index in [9.17, 15) is 9.59 Å². The van der Waals surface area contributed by atoms with Gasteiger partial charge in [0.2, 0.25) is 5.91 Å². The Labute approximate surface area is 193 Å². The quantitative estimate of drug-likeness (QED) is 0.355. The molecule has 0 aliphatic heterocycles. The molecule has 0 radical (unpaired) electrons. The Hall–Kier alpha value is -3.98. The van der Waals surface area contributed by atoms with Crippen molar-refractivity contribution in [1.82, 2.24) is 20.2 Å². The Morgan fingerprint density at radius 1 is 1.15 bits per heavy atom. The average Bonchev–Trinajstić information content (AvgIpc) is 3.37. The molecule has 2 aromatic carbocycles. The summed E-state index contributed by atoms with van der Waals surface area (Å²) < 4.78 is 0. The number of rotatable bonds is 5. The molecule has 2 amide bonds. The smallest absolute Gasteiger partial charge is 0.269 e. The first-order valence-corrected chi connectivity index (χ1v) is 10.7. The van der Waals surface area contributed by atoms with Gasteiger partial charge in [0.05, 0.1) is 28.1 Å². The highest BCUT2D eigenvalue weighted by atomic mass is 35.5. The van der Waals surface area contributed by atoms with Crippen LogP contribution in [0.25, 0.3) is 33.5 Å². The van der Waals surface area contributed by atoms with Crippen molar-refractivity contribution in [2.24, 2.45) is 11.1 Å². The lowest BCUT2D eigenvalue weighted by Crippen LogP contribution is -2.22. The molecule has 5 rings (SSSR count). The molecule has 4 aromatic rings. The van der Waals surface area contributed by atoms with Gasteiger partial charge in [-0.1, -0.05) is 30.7 Å². The lowest BCUT2D eigenvalue weighted by molar-refractivity contribution is -0.120. The molecule has 6 N–H and O–H groups in total. The van der Waals surface area contributed by atoms with Crippen LogP contribution in [0.1, 0.15) is 30.3 Å². The van der Waals surface area contributed by atoms with Crippen molar-refractivity contribution >= 4 is 45.7 Å². The number of amides is 2. The number of fused-ring (bicyclic) bond motifs is 1. The number of aromatic amines is 1. The summed E-state index contributed by atoms with van der Waals surface area (Å²) >= 11 is 6.52. The number of carbonyl (C=O) groups excluding carboxylic acids is 2. The first kappa shape index (κ1) is 20.9. The number of nitrogens with two attached hydrogens (primary N) is 2. The zero-order valence-corrected chi connectivity index (χ0v) is 18.4. The van der Waals surface area contributed by atoms with Crippen molar-refractivity contribution in [2.75, 3.05) is 11.1 Å². The van der Waals surface area contributed by atoms with Gasteiger partial charge in [0.25, 0.3) is 5.91 Å². The van der Waals surface area contributed by atoms with E-state index in [1.54, 1.807) is 42.6 Å². The average molecular weight is 462 g/mol. The van der Waals surface area contributed by atoms with Crippen LogP contribution < -0.4 is 16.8 Å². The number of anilines is 2. The fourth-order valence-electron chi connectivity index (χ4n) is 3.67. The number of H-pyrrole nitrogens is 1. The van der Waals surface area contributed by atoms with Gasteiger partial charge in [-0.2, -0.15) is 5.10 Å². The second kappa shape index (κ2) is 7.56. The number of carbonyl (C=O) groups is 2. The number of para-hydroxylation sites is 1. The molecule has 0 spiro atoms. The lowest BCUT2D eigenvalue weighted by atomic mass is 10.0. The number of hydrogen-bond donors (Lipinski definition) is 4. The van der Waals surface area contributed by atoms with Crippen molar-refractivity contribution in [1.29, 1.82) is 0 Å². The van der Waals surface area contributed by atoms with Gasteiger partial charge in [0, 0.05) is 21.9 Å². The zero-order valence-electron chi connectivity index (χ0n) is 17.6. The molecule has 1 fully saturated rings. The highest BCUT2D eigenvalue weighted by Gasteiger charge is 2.45. The van der Waals surface area contributed by atoms with E-state index in [0.717, 1.165) is 18.4 Å². The first-order chi connectivity index (χ1) is 15.8. The maximum Gasteiger partial charge on any atom is 0.269 e. The van der Waals surface area contributed by atoms with Gasteiger partial charge in [0.1, 0.15) is 5.69 Å². The molecule has 0 saturated heterocycles. The Bertz CT molecular complexity index is 1440. The van der Waals surface area contributed by atoms with Gasteiger partial charge in [-0.3, -0.25) is 14.7 Å². The molecule has 1 saturated carbocycles. The maximum atomic E-state index is 12.7. The summed E-state index contributed by atoms with van der Waals surface area (Å²) in [6.07, 6.45) is 3.28. The van der Waals surface area contributed by atoms with E-state index < -0.39 is 5.91 Å². The van der Waals surface area contributed by atoms with E-state index in [2.05, 4.69) is 25.5 Å². The summed E-state index contributed by atoms with van der Waals surface area (Å²) in [7, 11) is 0. The summed E-state index contributed by atoms with van der Waals surface area (Å²) in [6, 6.07) is 10.6. The minimum Gasteiger partial charge on any atom is -0.395 e. The van der Waals surface area contributed by atoms with E-state index in [0.29, 0.717) is 27.2 Å². The molecular weight excluding hydrogens is 442 g/mol. The molecule has 2 heterocycles. The number of nitrogens with zero attached hydrogens (tertiary/aromatic N) is 3. The van der Waals surface area contributed by atoms with Crippen LogP contribution in [-0.2, 0) is 4.79 Å². The monoisotopic (exact) mass is 461 g/mol. The highest BCUT2D eigenvalue weighted by Crippen LogP contribution is 2.46. The fourth-order valence-corrected chi connectivity index (χ4v) is 3.93. The van der Waals surface area contributed by atoms with Gasteiger partial charge >= 0.3 is 0 Å². The number of hydrogen-bond acceptors (Lipinski definition) is 6. The molecule has 10 heteroatoms. The van der Waals surface area contributed by atoms with Crippen LogP contribution in [0, 0.1) is 5.41 Å². The molecule has 33 heavy (non-hydrogen) atoms. The van der Waals surface area contributed by atoms with Crippen LogP contribution in [-0.4, -0.2) is 32.0 Å². The van der Waals surface area contributed by atoms with Crippen LogP contribution in [0.15, 0.2) is 42.6 Å². The molecule has 0 atom stereocenters. The van der Waals surface area contributed by atoms with Gasteiger partial charge in [0.15, 0.2) is 11.5 Å². The third kappa shape index (κ3) is 3.56. The second-order valence-corrected chi connectivity index (χ2v) is 8.74. The van der Waals surface area contributed by atoms with Crippen molar-refractivity contribution in [2.45, 2.75) is 19.8 Å². The van der Waals surface area contributed by atoms with Crippen molar-refractivity contribution in [3.8, 4) is 22.6 Å². The maximum absolute atomic E-state index is 12.7. The van der Waals surface area contributed by atoms with Crippen LogP contribution in [0.3, 0.4) is 0 Å². The van der Waals surface area contributed by atoms with E-state index >= 15 is 0 Å². The largest absolute Gasteiger partial charge is 0.395 e. The number of halogens is 1. The van der Waals surface area contributed by atoms with E-state index in [1.807, 2.05) is 6.92 Å². The Kier molecular flexibility index (Phi) is 4.79. The van der Waals surface area contributed by atoms with Crippen LogP contribution >= 0.6 is 11.6 Å². The molecule has 0 bridgehead atoms. The SMILES string of the molecule is CC1(C(=O)Nc2ccccc2-c2nc(C(N)=O)c(N)c(-c3c(Cl)ccc4[nH]ncc34)n2)CC1. The molecule has 1 aliphatic rings. The Morgan fingerprint density at radius 2 is 1.91 bits per heavy atom. The number of benzene rings is 2. The summed E-state index contributed by atoms with van der Waals surface area (Å²) in [4.78, 5) is 33.9. The van der Waals surface area contributed by atoms with Crippen molar-refractivity contribution in [3.63, 3.8) is 0 Å². The van der Waals surface area contributed by atoms with Crippen LogP contribution in [0.2, 0.25) is 5.02 Å². The van der Waals surface area contributed by atoms with Gasteiger partial charge < -0.3 is 16.8 Å². The first-order valence-electron chi connectivity index (χ1n) is 10.3. The molecule has 166 valence electrons. The van der Waals surface area contributed by atoms with E-state index in [-0.39, 0.29) is 34.2 Å². The molecular formula is C23H20ClN7O2. The summed E-state index contributed by atoms with van der Waals surface area (Å²) in [6.45, 7) is 1.92.